The molecule has 122 valence electrons. The molecule has 1 aromatic heterocycles. The van der Waals surface area contributed by atoms with Gasteiger partial charge in [-0.15, -0.1) is 0 Å². The number of aromatic nitrogens is 2. The van der Waals surface area contributed by atoms with Crippen LogP contribution < -0.4 is 5.32 Å². The third kappa shape index (κ3) is 3.17. The summed E-state index contributed by atoms with van der Waals surface area (Å²) in [6.07, 6.45) is 4.14. The first-order valence-corrected chi connectivity index (χ1v) is 8.08. The summed E-state index contributed by atoms with van der Waals surface area (Å²) in [5.74, 6) is 0.236. The number of rotatable bonds is 3. The van der Waals surface area contributed by atoms with Crippen LogP contribution in [0.4, 0.5) is 0 Å². The van der Waals surface area contributed by atoms with Gasteiger partial charge in [0.2, 0.25) is 0 Å². The van der Waals surface area contributed by atoms with Crippen molar-refractivity contribution in [1.82, 2.24) is 15.1 Å². The SMILES string of the molecule is Cc1cc(C(=O)NCC2COC3(CCC(C)CC3)O2)n(C)n1. The van der Waals surface area contributed by atoms with E-state index in [-0.39, 0.29) is 12.0 Å². The van der Waals surface area contributed by atoms with Crippen molar-refractivity contribution in [2.24, 2.45) is 13.0 Å². The van der Waals surface area contributed by atoms with Gasteiger partial charge in [0.05, 0.1) is 12.3 Å². The van der Waals surface area contributed by atoms with Crippen LogP contribution in [0.1, 0.15) is 48.8 Å². The summed E-state index contributed by atoms with van der Waals surface area (Å²) in [5.41, 5.74) is 1.40. The van der Waals surface area contributed by atoms with Gasteiger partial charge < -0.3 is 14.8 Å². The molecule has 22 heavy (non-hydrogen) atoms. The second-order valence-electron chi connectivity index (χ2n) is 6.65. The van der Waals surface area contributed by atoms with Gasteiger partial charge in [-0.3, -0.25) is 9.48 Å². The summed E-state index contributed by atoms with van der Waals surface area (Å²) < 4.78 is 13.6. The van der Waals surface area contributed by atoms with Gasteiger partial charge in [-0.1, -0.05) is 6.92 Å². The van der Waals surface area contributed by atoms with Gasteiger partial charge in [0.1, 0.15) is 11.8 Å². The van der Waals surface area contributed by atoms with Gasteiger partial charge in [-0.25, -0.2) is 0 Å². The molecule has 2 heterocycles. The molecule has 2 fully saturated rings. The van der Waals surface area contributed by atoms with Crippen LogP contribution in [-0.4, -0.2) is 40.7 Å². The van der Waals surface area contributed by atoms with Crippen LogP contribution in [0.25, 0.3) is 0 Å². The summed E-state index contributed by atoms with van der Waals surface area (Å²) >= 11 is 0. The molecule has 1 atom stereocenters. The van der Waals surface area contributed by atoms with Crippen LogP contribution in [0.3, 0.4) is 0 Å². The van der Waals surface area contributed by atoms with E-state index in [1.807, 2.05) is 6.92 Å². The predicted octanol–water partition coefficient (Wildman–Crippen LogP) is 1.78. The lowest BCUT2D eigenvalue weighted by Gasteiger charge is -2.34. The minimum atomic E-state index is -0.398. The number of nitrogens with one attached hydrogen (secondary N) is 1. The molecule has 1 aliphatic heterocycles. The lowest BCUT2D eigenvalue weighted by molar-refractivity contribution is -0.191. The van der Waals surface area contributed by atoms with Gasteiger partial charge in [-0.05, 0) is 31.7 Å². The molecule has 1 N–H and O–H groups in total. The maximum absolute atomic E-state index is 12.2. The van der Waals surface area contributed by atoms with Gasteiger partial charge in [-0.2, -0.15) is 5.10 Å². The molecule has 1 amide bonds. The number of carbonyl (C=O) groups excluding carboxylic acids is 1. The molecule has 1 saturated heterocycles. The fourth-order valence-electron chi connectivity index (χ4n) is 3.30. The number of amides is 1. The Morgan fingerprint density at radius 3 is 2.86 bits per heavy atom. The van der Waals surface area contributed by atoms with Crippen molar-refractivity contribution in [1.29, 1.82) is 0 Å². The zero-order chi connectivity index (χ0) is 15.7. The van der Waals surface area contributed by atoms with E-state index in [1.165, 1.54) is 0 Å². The van der Waals surface area contributed by atoms with Crippen molar-refractivity contribution in [2.45, 2.75) is 51.4 Å². The van der Waals surface area contributed by atoms with Gasteiger partial charge in [0, 0.05) is 26.4 Å². The van der Waals surface area contributed by atoms with Crippen LogP contribution in [0.2, 0.25) is 0 Å². The van der Waals surface area contributed by atoms with E-state index in [1.54, 1.807) is 17.8 Å². The van der Waals surface area contributed by atoms with E-state index >= 15 is 0 Å². The Hall–Kier alpha value is -1.40. The van der Waals surface area contributed by atoms with E-state index in [9.17, 15) is 4.79 Å². The quantitative estimate of drug-likeness (QED) is 0.924. The second kappa shape index (κ2) is 6.01. The topological polar surface area (TPSA) is 65.4 Å². The largest absolute Gasteiger partial charge is 0.348 e. The van der Waals surface area contributed by atoms with E-state index in [2.05, 4.69) is 17.3 Å². The van der Waals surface area contributed by atoms with Gasteiger partial charge >= 0.3 is 0 Å². The Kier molecular flexibility index (Phi) is 4.23. The second-order valence-corrected chi connectivity index (χ2v) is 6.65. The molecule has 1 unspecified atom stereocenters. The average Bonchev–Trinajstić information content (AvgIpc) is 3.04. The van der Waals surface area contributed by atoms with Crippen molar-refractivity contribution in [2.75, 3.05) is 13.2 Å². The molecule has 0 aromatic carbocycles. The maximum Gasteiger partial charge on any atom is 0.269 e. The van der Waals surface area contributed by atoms with Crippen molar-refractivity contribution in [3.63, 3.8) is 0 Å². The molecule has 6 nitrogen and oxygen atoms in total. The Morgan fingerprint density at radius 2 is 2.23 bits per heavy atom. The first-order chi connectivity index (χ1) is 10.5. The third-order valence-corrected chi connectivity index (χ3v) is 4.67. The average molecular weight is 307 g/mol. The fraction of sp³-hybridized carbons (Fsp3) is 0.750. The Bertz CT molecular complexity index is 547. The number of hydrogen-bond acceptors (Lipinski definition) is 4. The molecular formula is C16H25N3O3. The first-order valence-electron chi connectivity index (χ1n) is 8.08. The highest BCUT2D eigenvalue weighted by Crippen LogP contribution is 2.39. The van der Waals surface area contributed by atoms with E-state index in [4.69, 9.17) is 9.47 Å². The van der Waals surface area contributed by atoms with Gasteiger partial charge in [0.25, 0.3) is 5.91 Å². The summed E-state index contributed by atoms with van der Waals surface area (Å²) in [6, 6.07) is 1.78. The molecule has 1 aliphatic carbocycles. The number of aryl methyl sites for hydroxylation is 2. The Labute approximate surface area is 131 Å². The van der Waals surface area contributed by atoms with Crippen LogP contribution in [0.15, 0.2) is 6.07 Å². The predicted molar refractivity (Wildman–Crippen MR) is 81.5 cm³/mol. The smallest absolute Gasteiger partial charge is 0.269 e. The van der Waals surface area contributed by atoms with Gasteiger partial charge in [0.15, 0.2) is 5.79 Å². The highest BCUT2D eigenvalue weighted by atomic mass is 16.7. The monoisotopic (exact) mass is 307 g/mol. The molecule has 1 spiro atoms. The molecule has 1 aromatic rings. The number of ether oxygens (including phenoxy) is 2. The van der Waals surface area contributed by atoms with E-state index < -0.39 is 5.79 Å². The number of carbonyl (C=O) groups is 1. The minimum Gasteiger partial charge on any atom is -0.348 e. The van der Waals surface area contributed by atoms with Crippen LogP contribution in [0.5, 0.6) is 0 Å². The lowest BCUT2D eigenvalue weighted by atomic mass is 9.86. The summed E-state index contributed by atoms with van der Waals surface area (Å²) in [6.45, 7) is 5.17. The standard InChI is InChI=1S/C16H25N3O3/c1-11-4-6-16(7-5-11)21-10-13(22-16)9-17-15(20)14-8-12(2)18-19(14)3/h8,11,13H,4-7,9-10H2,1-3H3,(H,17,20). The minimum absolute atomic E-state index is 0.0633. The number of hydrogen-bond donors (Lipinski definition) is 1. The van der Waals surface area contributed by atoms with Crippen LogP contribution in [0, 0.1) is 12.8 Å². The fourth-order valence-corrected chi connectivity index (χ4v) is 3.30. The van der Waals surface area contributed by atoms with Crippen molar-refractivity contribution < 1.29 is 14.3 Å². The zero-order valence-corrected chi connectivity index (χ0v) is 13.6. The molecule has 0 bridgehead atoms. The molecular weight excluding hydrogens is 282 g/mol. The Balaban J connectivity index is 1.51. The molecule has 3 rings (SSSR count). The normalized spacial score (nSPS) is 31.6. The van der Waals surface area contributed by atoms with Crippen molar-refractivity contribution >= 4 is 5.91 Å². The molecule has 0 radical (unpaired) electrons. The first kappa shape index (κ1) is 15.5. The summed E-state index contributed by atoms with van der Waals surface area (Å²) in [4.78, 5) is 12.2. The van der Waals surface area contributed by atoms with Crippen LogP contribution in [-0.2, 0) is 16.5 Å². The summed E-state index contributed by atoms with van der Waals surface area (Å²) in [7, 11) is 1.77. The lowest BCUT2D eigenvalue weighted by Crippen LogP contribution is -2.38. The third-order valence-electron chi connectivity index (χ3n) is 4.67. The summed E-state index contributed by atoms with van der Waals surface area (Å²) in [5, 5.41) is 7.11. The van der Waals surface area contributed by atoms with Crippen molar-refractivity contribution in [3.8, 4) is 0 Å². The van der Waals surface area contributed by atoms with E-state index in [0.29, 0.717) is 18.8 Å². The highest BCUT2D eigenvalue weighted by molar-refractivity contribution is 5.92. The molecule has 6 heteroatoms. The highest BCUT2D eigenvalue weighted by Gasteiger charge is 2.43. The Morgan fingerprint density at radius 1 is 1.50 bits per heavy atom. The maximum atomic E-state index is 12.2. The van der Waals surface area contributed by atoms with Crippen molar-refractivity contribution in [3.05, 3.63) is 17.5 Å². The van der Waals surface area contributed by atoms with Crippen LogP contribution >= 0.6 is 0 Å². The zero-order valence-electron chi connectivity index (χ0n) is 13.6. The van der Waals surface area contributed by atoms with E-state index in [0.717, 1.165) is 37.3 Å². The number of nitrogens with zero attached hydrogens (tertiary/aromatic N) is 2. The molecule has 2 aliphatic rings. The molecule has 1 saturated carbocycles.